The largest absolute Gasteiger partial charge is 0.463 e. The van der Waals surface area contributed by atoms with Gasteiger partial charge in [-0.2, -0.15) is 5.10 Å². The average Bonchev–Trinajstić information content (AvgIpc) is 3.23. The zero-order chi connectivity index (χ0) is 18.6. The van der Waals surface area contributed by atoms with Gasteiger partial charge in [-0.25, -0.2) is 10.4 Å². The molecule has 0 atom stereocenters. The van der Waals surface area contributed by atoms with Gasteiger partial charge < -0.3 is 4.42 Å². The van der Waals surface area contributed by atoms with Crippen LogP contribution >= 0.6 is 0 Å². The standard InChI is InChI=1S/C22H17N3O2/c1-15-8-10-16(11-9-15)14-23-25-22(26)18-13-20(21-7-4-12-27-21)24-19-6-3-2-5-17(18)19/h2-14H,1H3,(H,25,26)/b23-14-. The van der Waals surface area contributed by atoms with E-state index in [9.17, 15) is 4.79 Å². The second kappa shape index (κ2) is 7.25. The second-order valence-corrected chi connectivity index (χ2v) is 6.16. The molecule has 0 aliphatic carbocycles. The van der Waals surface area contributed by atoms with Crippen molar-refractivity contribution < 1.29 is 9.21 Å². The molecule has 0 unspecified atom stereocenters. The number of pyridine rings is 1. The van der Waals surface area contributed by atoms with E-state index in [0.717, 1.165) is 16.5 Å². The third-order valence-corrected chi connectivity index (χ3v) is 4.19. The number of furan rings is 1. The van der Waals surface area contributed by atoms with Crippen LogP contribution in [0.5, 0.6) is 0 Å². The summed E-state index contributed by atoms with van der Waals surface area (Å²) in [7, 11) is 0. The molecule has 4 rings (SSSR count). The number of aromatic nitrogens is 1. The first-order valence-electron chi connectivity index (χ1n) is 8.54. The molecule has 0 saturated heterocycles. The number of carbonyl (C=O) groups excluding carboxylic acids is 1. The minimum absolute atomic E-state index is 0.301. The molecule has 2 aromatic carbocycles. The maximum atomic E-state index is 12.7. The van der Waals surface area contributed by atoms with Gasteiger partial charge in [-0.1, -0.05) is 48.0 Å². The normalized spacial score (nSPS) is 11.1. The van der Waals surface area contributed by atoms with Crippen LogP contribution < -0.4 is 5.43 Å². The van der Waals surface area contributed by atoms with Gasteiger partial charge in [0.1, 0.15) is 5.69 Å². The number of nitrogens with zero attached hydrogens (tertiary/aromatic N) is 2. The summed E-state index contributed by atoms with van der Waals surface area (Å²) in [6, 6.07) is 20.7. The first-order chi connectivity index (χ1) is 13.2. The molecule has 1 amide bonds. The van der Waals surface area contributed by atoms with Crippen LogP contribution in [0.4, 0.5) is 0 Å². The SMILES string of the molecule is Cc1ccc(/C=N\NC(=O)c2cc(-c3ccco3)nc3ccccc23)cc1. The van der Waals surface area contributed by atoms with Crippen LogP contribution in [0, 0.1) is 6.92 Å². The van der Waals surface area contributed by atoms with E-state index in [0.29, 0.717) is 17.0 Å². The lowest BCUT2D eigenvalue weighted by atomic mass is 10.1. The van der Waals surface area contributed by atoms with Gasteiger partial charge in [-0.05, 0) is 36.8 Å². The van der Waals surface area contributed by atoms with Crippen molar-refractivity contribution in [2.75, 3.05) is 0 Å². The van der Waals surface area contributed by atoms with E-state index in [4.69, 9.17) is 4.42 Å². The van der Waals surface area contributed by atoms with E-state index in [1.165, 1.54) is 5.56 Å². The topological polar surface area (TPSA) is 67.5 Å². The van der Waals surface area contributed by atoms with Gasteiger partial charge in [0.15, 0.2) is 5.76 Å². The van der Waals surface area contributed by atoms with Gasteiger partial charge in [-0.3, -0.25) is 4.79 Å². The first kappa shape index (κ1) is 16.7. The van der Waals surface area contributed by atoms with Crippen LogP contribution in [0.15, 0.2) is 82.5 Å². The Bertz CT molecular complexity index is 1110. The smallest absolute Gasteiger partial charge is 0.272 e. The van der Waals surface area contributed by atoms with E-state index in [2.05, 4.69) is 15.5 Å². The molecule has 1 N–H and O–H groups in total. The average molecular weight is 355 g/mol. The number of hydrogen-bond donors (Lipinski definition) is 1. The zero-order valence-corrected chi connectivity index (χ0v) is 14.7. The van der Waals surface area contributed by atoms with Gasteiger partial charge in [0.2, 0.25) is 0 Å². The predicted molar refractivity (Wildman–Crippen MR) is 106 cm³/mol. The van der Waals surface area contributed by atoms with Crippen molar-refractivity contribution in [3.05, 3.63) is 89.7 Å². The maximum Gasteiger partial charge on any atom is 0.272 e. The van der Waals surface area contributed by atoms with Crippen molar-refractivity contribution >= 4 is 23.0 Å². The Morgan fingerprint density at radius 2 is 1.89 bits per heavy atom. The molecule has 0 saturated carbocycles. The summed E-state index contributed by atoms with van der Waals surface area (Å²) in [5.74, 6) is 0.308. The highest BCUT2D eigenvalue weighted by Crippen LogP contribution is 2.25. The number of nitrogens with one attached hydrogen (secondary N) is 1. The van der Waals surface area contributed by atoms with E-state index in [1.54, 1.807) is 24.6 Å². The molecule has 132 valence electrons. The lowest BCUT2D eigenvalue weighted by Crippen LogP contribution is -2.18. The van der Waals surface area contributed by atoms with Crippen molar-refractivity contribution in [3.63, 3.8) is 0 Å². The molecule has 5 heteroatoms. The minimum atomic E-state index is -0.301. The number of aryl methyl sites for hydroxylation is 1. The number of carbonyl (C=O) groups is 1. The third kappa shape index (κ3) is 3.62. The van der Waals surface area contributed by atoms with Crippen molar-refractivity contribution in [1.29, 1.82) is 0 Å². The lowest BCUT2D eigenvalue weighted by Gasteiger charge is -2.07. The van der Waals surface area contributed by atoms with Crippen molar-refractivity contribution in [2.24, 2.45) is 5.10 Å². The molecule has 2 heterocycles. The van der Waals surface area contributed by atoms with Crippen LogP contribution in [0.2, 0.25) is 0 Å². The fourth-order valence-electron chi connectivity index (χ4n) is 2.79. The number of amides is 1. The molecule has 5 nitrogen and oxygen atoms in total. The van der Waals surface area contributed by atoms with Gasteiger partial charge in [-0.15, -0.1) is 0 Å². The number of hydrogen-bond acceptors (Lipinski definition) is 4. The molecule has 0 radical (unpaired) electrons. The van der Waals surface area contributed by atoms with Crippen LogP contribution in [-0.2, 0) is 0 Å². The van der Waals surface area contributed by atoms with Crippen molar-refractivity contribution in [3.8, 4) is 11.5 Å². The van der Waals surface area contributed by atoms with Crippen LogP contribution in [-0.4, -0.2) is 17.1 Å². The van der Waals surface area contributed by atoms with Gasteiger partial charge in [0.05, 0.1) is 23.6 Å². The molecule has 0 bridgehead atoms. The molecule has 0 spiro atoms. The number of rotatable bonds is 4. The van der Waals surface area contributed by atoms with Crippen molar-refractivity contribution in [1.82, 2.24) is 10.4 Å². The van der Waals surface area contributed by atoms with Crippen LogP contribution in [0.1, 0.15) is 21.5 Å². The number of benzene rings is 2. The fourth-order valence-corrected chi connectivity index (χ4v) is 2.79. The molecular weight excluding hydrogens is 338 g/mol. The Kier molecular flexibility index (Phi) is 4.49. The highest BCUT2D eigenvalue weighted by Gasteiger charge is 2.14. The fraction of sp³-hybridized carbons (Fsp3) is 0.0455. The molecular formula is C22H17N3O2. The summed E-state index contributed by atoms with van der Waals surface area (Å²) >= 11 is 0. The summed E-state index contributed by atoms with van der Waals surface area (Å²) in [6.07, 6.45) is 3.20. The van der Waals surface area contributed by atoms with Gasteiger partial charge >= 0.3 is 0 Å². The first-order valence-corrected chi connectivity index (χ1v) is 8.54. The third-order valence-electron chi connectivity index (χ3n) is 4.19. The monoisotopic (exact) mass is 355 g/mol. The molecule has 0 aliphatic heterocycles. The van der Waals surface area contributed by atoms with Gasteiger partial charge in [0.25, 0.3) is 5.91 Å². The Morgan fingerprint density at radius 3 is 2.67 bits per heavy atom. The quantitative estimate of drug-likeness (QED) is 0.431. The predicted octanol–water partition coefficient (Wildman–Crippen LogP) is 4.57. The Labute approximate surface area is 156 Å². The summed E-state index contributed by atoms with van der Waals surface area (Å²) < 4.78 is 5.43. The van der Waals surface area contributed by atoms with Gasteiger partial charge in [0, 0.05) is 5.39 Å². The van der Waals surface area contributed by atoms with E-state index >= 15 is 0 Å². The zero-order valence-electron chi connectivity index (χ0n) is 14.7. The molecule has 0 fully saturated rings. The summed E-state index contributed by atoms with van der Waals surface area (Å²) in [4.78, 5) is 17.3. The van der Waals surface area contributed by atoms with Crippen molar-refractivity contribution in [2.45, 2.75) is 6.92 Å². The summed E-state index contributed by atoms with van der Waals surface area (Å²) in [5.41, 5.74) is 6.50. The lowest BCUT2D eigenvalue weighted by molar-refractivity contribution is 0.0956. The molecule has 27 heavy (non-hydrogen) atoms. The summed E-state index contributed by atoms with van der Waals surface area (Å²) in [6.45, 7) is 2.02. The van der Waals surface area contributed by atoms with E-state index < -0.39 is 0 Å². The molecule has 2 aromatic heterocycles. The highest BCUT2D eigenvalue weighted by molar-refractivity contribution is 6.07. The Hall–Kier alpha value is -3.73. The van der Waals surface area contributed by atoms with Crippen LogP contribution in [0.3, 0.4) is 0 Å². The second-order valence-electron chi connectivity index (χ2n) is 6.16. The molecule has 0 aliphatic rings. The highest BCUT2D eigenvalue weighted by atomic mass is 16.3. The molecule has 4 aromatic rings. The Balaban J connectivity index is 1.65. The number of para-hydroxylation sites is 1. The van der Waals surface area contributed by atoms with E-state index in [-0.39, 0.29) is 5.91 Å². The minimum Gasteiger partial charge on any atom is -0.463 e. The van der Waals surface area contributed by atoms with E-state index in [1.807, 2.05) is 61.5 Å². The summed E-state index contributed by atoms with van der Waals surface area (Å²) in [5, 5.41) is 4.84. The maximum absolute atomic E-state index is 12.7. The van der Waals surface area contributed by atoms with Crippen LogP contribution in [0.25, 0.3) is 22.4 Å². The number of fused-ring (bicyclic) bond motifs is 1. The Morgan fingerprint density at radius 1 is 1.07 bits per heavy atom. The number of hydrazone groups is 1.